The first-order valence-electron chi connectivity index (χ1n) is 4.93. The lowest BCUT2D eigenvalue weighted by Crippen LogP contribution is -2.14. The molecule has 0 bridgehead atoms. The van der Waals surface area contributed by atoms with Crippen LogP contribution in [0, 0.1) is 11.8 Å². The molecule has 3 N–H and O–H groups in total. The second-order valence-electron chi connectivity index (χ2n) is 3.52. The van der Waals surface area contributed by atoms with E-state index >= 15 is 0 Å². The number of halogens is 3. The van der Waals surface area contributed by atoms with Crippen molar-refractivity contribution in [1.82, 2.24) is 0 Å². The van der Waals surface area contributed by atoms with E-state index in [0.29, 0.717) is 5.56 Å². The fraction of sp³-hybridized carbons (Fsp3) is 0.333. The molecule has 1 aromatic carbocycles. The zero-order valence-corrected chi connectivity index (χ0v) is 9.17. The summed E-state index contributed by atoms with van der Waals surface area (Å²) in [6, 6.07) is 3.19. The van der Waals surface area contributed by atoms with Crippen LogP contribution in [0.1, 0.15) is 29.7 Å². The molecule has 0 amide bonds. The van der Waals surface area contributed by atoms with Gasteiger partial charge in [0.25, 0.3) is 0 Å². The standard InChI is InChI=1S/C12H12F3NO/c1-8(16)9-4-2-6-11(12(13,14)15)10(9)5-3-7-17/h2,4,6,8,17H,7,16H2,1H3. The number of aliphatic hydroxyl groups is 1. The normalized spacial score (nSPS) is 12.8. The number of benzene rings is 1. The molecule has 92 valence electrons. The summed E-state index contributed by atoms with van der Waals surface area (Å²) in [4.78, 5) is 0. The highest BCUT2D eigenvalue weighted by Gasteiger charge is 2.34. The Bertz CT molecular complexity index is 455. The SMILES string of the molecule is CC(N)c1cccc(C(F)(F)F)c1C#CCO. The van der Waals surface area contributed by atoms with E-state index < -0.39 is 24.4 Å². The molecule has 0 radical (unpaired) electrons. The van der Waals surface area contributed by atoms with E-state index in [1.807, 2.05) is 0 Å². The highest BCUT2D eigenvalue weighted by atomic mass is 19.4. The van der Waals surface area contributed by atoms with Crippen LogP contribution >= 0.6 is 0 Å². The quantitative estimate of drug-likeness (QED) is 0.742. The van der Waals surface area contributed by atoms with Crippen molar-refractivity contribution in [3.05, 3.63) is 34.9 Å². The van der Waals surface area contributed by atoms with E-state index in [1.54, 1.807) is 6.92 Å². The molecule has 0 aliphatic carbocycles. The molecule has 1 atom stereocenters. The average Bonchev–Trinajstić information content (AvgIpc) is 2.24. The minimum atomic E-state index is -4.48. The van der Waals surface area contributed by atoms with Crippen molar-refractivity contribution < 1.29 is 18.3 Å². The third-order valence-corrected chi connectivity index (χ3v) is 2.19. The van der Waals surface area contributed by atoms with E-state index in [2.05, 4.69) is 11.8 Å². The maximum atomic E-state index is 12.7. The summed E-state index contributed by atoms with van der Waals surface area (Å²) in [7, 11) is 0. The molecule has 0 aliphatic heterocycles. The molecule has 0 fully saturated rings. The lowest BCUT2D eigenvalue weighted by molar-refractivity contribution is -0.137. The van der Waals surface area contributed by atoms with Gasteiger partial charge < -0.3 is 10.8 Å². The predicted molar refractivity (Wildman–Crippen MR) is 58.0 cm³/mol. The molecule has 0 aromatic heterocycles. The zero-order chi connectivity index (χ0) is 13.1. The van der Waals surface area contributed by atoms with Crippen molar-refractivity contribution in [2.24, 2.45) is 5.73 Å². The highest BCUT2D eigenvalue weighted by Crippen LogP contribution is 2.34. The molecule has 1 rings (SSSR count). The Morgan fingerprint density at radius 2 is 2.06 bits per heavy atom. The van der Waals surface area contributed by atoms with Crippen molar-refractivity contribution in [3.8, 4) is 11.8 Å². The minimum absolute atomic E-state index is 0.163. The van der Waals surface area contributed by atoms with Gasteiger partial charge >= 0.3 is 6.18 Å². The Kier molecular flexibility index (Phi) is 4.16. The second-order valence-corrected chi connectivity index (χ2v) is 3.52. The van der Waals surface area contributed by atoms with Crippen LogP contribution < -0.4 is 5.73 Å². The fourth-order valence-corrected chi connectivity index (χ4v) is 1.45. The Hall–Kier alpha value is -1.51. The molecule has 0 saturated carbocycles. The van der Waals surface area contributed by atoms with Gasteiger partial charge in [0, 0.05) is 11.6 Å². The number of rotatable bonds is 1. The molecule has 0 aliphatic rings. The molecular formula is C12H12F3NO. The second kappa shape index (κ2) is 5.21. The van der Waals surface area contributed by atoms with E-state index in [9.17, 15) is 13.2 Å². The van der Waals surface area contributed by atoms with Gasteiger partial charge in [-0.05, 0) is 18.6 Å². The first kappa shape index (κ1) is 13.6. The first-order valence-corrected chi connectivity index (χ1v) is 4.93. The molecule has 17 heavy (non-hydrogen) atoms. The number of nitrogens with two attached hydrogens (primary N) is 1. The smallest absolute Gasteiger partial charge is 0.384 e. The molecule has 0 saturated heterocycles. The highest BCUT2D eigenvalue weighted by molar-refractivity contribution is 5.49. The van der Waals surface area contributed by atoms with E-state index in [1.165, 1.54) is 12.1 Å². The summed E-state index contributed by atoms with van der Waals surface area (Å²) in [6.45, 7) is 1.09. The van der Waals surface area contributed by atoms with Crippen LogP contribution in [0.4, 0.5) is 13.2 Å². The third-order valence-electron chi connectivity index (χ3n) is 2.19. The van der Waals surface area contributed by atoms with Crippen LogP contribution in [0.5, 0.6) is 0 Å². The number of aliphatic hydroxyl groups excluding tert-OH is 1. The van der Waals surface area contributed by atoms with Crippen molar-refractivity contribution in [2.75, 3.05) is 6.61 Å². The van der Waals surface area contributed by atoms with Gasteiger partial charge in [0.1, 0.15) is 6.61 Å². The Morgan fingerprint density at radius 3 is 2.53 bits per heavy atom. The third kappa shape index (κ3) is 3.22. The number of hydrogen-bond acceptors (Lipinski definition) is 2. The lowest BCUT2D eigenvalue weighted by Gasteiger charge is -2.15. The van der Waals surface area contributed by atoms with Crippen LogP contribution in [0.3, 0.4) is 0 Å². The molecular weight excluding hydrogens is 231 g/mol. The summed E-state index contributed by atoms with van der Waals surface area (Å²) in [5.41, 5.74) is 4.93. The van der Waals surface area contributed by atoms with Crippen molar-refractivity contribution >= 4 is 0 Å². The Morgan fingerprint density at radius 1 is 1.41 bits per heavy atom. The summed E-state index contributed by atoms with van der Waals surface area (Å²) < 4.78 is 38.2. The van der Waals surface area contributed by atoms with Gasteiger partial charge in [-0.15, -0.1) is 0 Å². The summed E-state index contributed by atoms with van der Waals surface area (Å²) in [5, 5.41) is 8.56. The van der Waals surface area contributed by atoms with Gasteiger partial charge in [0.15, 0.2) is 0 Å². The van der Waals surface area contributed by atoms with E-state index in [0.717, 1.165) is 6.07 Å². The molecule has 2 nitrogen and oxygen atoms in total. The average molecular weight is 243 g/mol. The summed E-state index contributed by atoms with van der Waals surface area (Å²) >= 11 is 0. The molecule has 0 spiro atoms. The Balaban J connectivity index is 3.45. The first-order chi connectivity index (χ1) is 7.88. The van der Waals surface area contributed by atoms with Gasteiger partial charge in [-0.3, -0.25) is 0 Å². The van der Waals surface area contributed by atoms with Crippen molar-refractivity contribution in [3.63, 3.8) is 0 Å². The van der Waals surface area contributed by atoms with E-state index in [-0.39, 0.29) is 5.56 Å². The molecule has 5 heteroatoms. The molecule has 0 heterocycles. The zero-order valence-electron chi connectivity index (χ0n) is 9.17. The fourth-order valence-electron chi connectivity index (χ4n) is 1.45. The maximum absolute atomic E-state index is 12.7. The minimum Gasteiger partial charge on any atom is -0.384 e. The van der Waals surface area contributed by atoms with Crippen LogP contribution in [-0.4, -0.2) is 11.7 Å². The predicted octanol–water partition coefficient (Wildman–Crippen LogP) is 2.07. The van der Waals surface area contributed by atoms with Crippen LogP contribution in [0.15, 0.2) is 18.2 Å². The largest absolute Gasteiger partial charge is 0.417 e. The number of hydrogen-bond donors (Lipinski definition) is 2. The van der Waals surface area contributed by atoms with Gasteiger partial charge in [-0.2, -0.15) is 13.2 Å². The van der Waals surface area contributed by atoms with Crippen molar-refractivity contribution in [2.45, 2.75) is 19.1 Å². The van der Waals surface area contributed by atoms with Crippen LogP contribution in [0.25, 0.3) is 0 Å². The van der Waals surface area contributed by atoms with Gasteiger partial charge in [0.2, 0.25) is 0 Å². The topological polar surface area (TPSA) is 46.2 Å². The molecule has 1 aromatic rings. The Labute approximate surface area is 97.3 Å². The number of alkyl halides is 3. The maximum Gasteiger partial charge on any atom is 0.417 e. The van der Waals surface area contributed by atoms with Crippen LogP contribution in [0.2, 0.25) is 0 Å². The summed E-state index contributed by atoms with van der Waals surface area (Å²) in [6.07, 6.45) is -4.48. The van der Waals surface area contributed by atoms with Gasteiger partial charge in [-0.25, -0.2) is 0 Å². The van der Waals surface area contributed by atoms with Crippen molar-refractivity contribution in [1.29, 1.82) is 0 Å². The lowest BCUT2D eigenvalue weighted by atomic mass is 9.97. The summed E-state index contributed by atoms with van der Waals surface area (Å²) in [5.74, 6) is 4.54. The monoisotopic (exact) mass is 243 g/mol. The molecule has 1 unspecified atom stereocenters. The van der Waals surface area contributed by atoms with E-state index in [4.69, 9.17) is 10.8 Å². The van der Waals surface area contributed by atoms with Gasteiger partial charge in [-0.1, -0.05) is 24.0 Å². The van der Waals surface area contributed by atoms with Crippen LogP contribution in [-0.2, 0) is 6.18 Å². The van der Waals surface area contributed by atoms with Gasteiger partial charge in [0.05, 0.1) is 5.56 Å².